The summed E-state index contributed by atoms with van der Waals surface area (Å²) in [6.07, 6.45) is 1.71. The fourth-order valence-electron chi connectivity index (χ4n) is 0.409. The van der Waals surface area contributed by atoms with Gasteiger partial charge < -0.3 is 0 Å². The highest BCUT2D eigenvalue weighted by Gasteiger charge is 2.00. The largest absolute Gasteiger partial charge is 0.265 e. The zero-order valence-corrected chi connectivity index (χ0v) is 5.27. The Morgan fingerprint density at radius 2 is 2.62 bits per heavy atom. The van der Waals surface area contributed by atoms with Crippen LogP contribution in [0.25, 0.3) is 0 Å². The van der Waals surface area contributed by atoms with Gasteiger partial charge in [0.2, 0.25) is 0 Å². The first kappa shape index (κ1) is 5.62. The van der Waals surface area contributed by atoms with Gasteiger partial charge in [0.05, 0.1) is 10.9 Å². The summed E-state index contributed by atoms with van der Waals surface area (Å²) >= 11 is 4.88. The Kier molecular flexibility index (Phi) is 1.53. The molecular weight excluding hydrogens is 122 g/mol. The number of nitrogens with one attached hydrogen (secondary N) is 1. The first-order valence-electron chi connectivity index (χ1n) is 2.33. The van der Waals surface area contributed by atoms with Crippen molar-refractivity contribution < 1.29 is 0 Å². The van der Waals surface area contributed by atoms with Gasteiger partial charge in [-0.2, -0.15) is 0 Å². The van der Waals surface area contributed by atoms with Gasteiger partial charge in [0, 0.05) is 6.20 Å². The summed E-state index contributed by atoms with van der Waals surface area (Å²) in [5, 5.41) is 9.85. The Morgan fingerprint density at radius 1 is 1.88 bits per heavy atom. The summed E-state index contributed by atoms with van der Waals surface area (Å²) in [5.74, 6) is 0. The molecule has 1 heterocycles. The van der Waals surface area contributed by atoms with E-state index in [1.807, 2.05) is 6.92 Å². The number of hydrogen-bond acceptors (Lipinski definition) is 2. The highest BCUT2D eigenvalue weighted by molar-refractivity contribution is 7.80. The van der Waals surface area contributed by atoms with Gasteiger partial charge in [-0.3, -0.25) is 5.10 Å². The summed E-state index contributed by atoms with van der Waals surface area (Å²) < 4.78 is 0. The minimum atomic E-state index is 0.0637. The quantitative estimate of drug-likeness (QED) is 0.614. The number of aromatic nitrogens is 3. The van der Waals surface area contributed by atoms with Crippen LogP contribution < -0.4 is 0 Å². The molecule has 0 saturated carbocycles. The average molecular weight is 128 g/mol. The fraction of sp³-hybridized carbons (Fsp3) is 0.500. The van der Waals surface area contributed by atoms with Crippen molar-refractivity contribution in [3.8, 4) is 0 Å². The smallest absolute Gasteiger partial charge is 0.0960 e. The maximum atomic E-state index is 4.88. The number of aromatic amines is 1. The van der Waals surface area contributed by atoms with E-state index in [1.165, 1.54) is 0 Å². The third kappa shape index (κ3) is 1.01. The molecule has 0 bridgehead atoms. The van der Waals surface area contributed by atoms with E-state index >= 15 is 0 Å². The maximum Gasteiger partial charge on any atom is 0.0960 e. The summed E-state index contributed by atoms with van der Waals surface area (Å²) in [6.45, 7) is 1.90. The van der Waals surface area contributed by atoms with E-state index in [0.717, 1.165) is 5.69 Å². The second-order valence-corrected chi connectivity index (χ2v) is 2.25. The first-order valence-corrected chi connectivity index (χ1v) is 2.80. The molecule has 43 valence electrons. The van der Waals surface area contributed by atoms with E-state index in [4.69, 9.17) is 12.6 Å². The molecule has 1 unspecified atom stereocenters. The van der Waals surface area contributed by atoms with Crippen LogP contribution in [0.15, 0.2) is 6.20 Å². The fourth-order valence-corrected chi connectivity index (χ4v) is 0.524. The molecule has 0 saturated heterocycles. The Hall–Kier alpha value is -0.510. The highest BCUT2D eigenvalue weighted by Crippen LogP contribution is 2.12. The van der Waals surface area contributed by atoms with Gasteiger partial charge in [-0.25, -0.2) is 0 Å². The molecule has 0 aliphatic carbocycles. The molecule has 1 atom stereocenters. The molecule has 0 aromatic carbocycles. The summed E-state index contributed by atoms with van der Waals surface area (Å²) in [5.41, 5.74) is 0.833. The molecule has 0 aliphatic rings. The van der Waals surface area contributed by atoms with Crippen molar-refractivity contribution in [3.05, 3.63) is 11.9 Å². The van der Waals surface area contributed by atoms with Crippen molar-refractivity contribution in [1.29, 1.82) is 0 Å². The van der Waals surface area contributed by atoms with E-state index in [9.17, 15) is 0 Å². The Balaban J connectivity index is 2.77. The third-order valence-electron chi connectivity index (χ3n) is 0.852. The minimum Gasteiger partial charge on any atom is -0.265 e. The predicted octanol–water partition coefficient (Wildman–Crippen LogP) is 1.06. The third-order valence-corrected chi connectivity index (χ3v) is 1.09. The van der Waals surface area contributed by atoms with Crippen molar-refractivity contribution in [2.75, 3.05) is 0 Å². The topological polar surface area (TPSA) is 41.6 Å². The maximum absolute atomic E-state index is 4.88. The predicted molar refractivity (Wildman–Crippen MR) is 32.4 cm³/mol. The van der Waals surface area contributed by atoms with E-state index in [0.29, 0.717) is 0 Å². The number of H-pyrrole nitrogens is 1. The Labute approximate surface area is 52.9 Å². The van der Waals surface area contributed by atoms with Gasteiger partial charge in [-0.15, -0.1) is 5.10 Å². The van der Waals surface area contributed by atoms with Crippen LogP contribution in [0.5, 0.6) is 0 Å². The van der Waals surface area contributed by atoms with Crippen LogP contribution in [-0.2, 0) is 0 Å². The lowest BCUT2D eigenvalue weighted by Crippen LogP contribution is -1.82. The second-order valence-electron chi connectivity index (χ2n) is 1.54. The van der Waals surface area contributed by atoms with Gasteiger partial charge in [-0.05, 0) is 6.92 Å². The van der Waals surface area contributed by atoms with Crippen molar-refractivity contribution >= 4 is 12.6 Å². The zero-order chi connectivity index (χ0) is 5.98. The zero-order valence-electron chi connectivity index (χ0n) is 4.46. The van der Waals surface area contributed by atoms with Crippen molar-refractivity contribution in [2.45, 2.75) is 12.2 Å². The summed E-state index contributed by atoms with van der Waals surface area (Å²) in [4.78, 5) is 0. The van der Waals surface area contributed by atoms with E-state index in [-0.39, 0.29) is 5.25 Å². The normalized spacial score (nSPS) is 13.8. The molecule has 0 spiro atoms. The monoisotopic (exact) mass is 128 g/mol. The standard InChI is InChI=1S/C4H6N3S/c1-3(8)4-2-5-7-6-4/h2-3H,1H3,(H,5,6,7). The van der Waals surface area contributed by atoms with Gasteiger partial charge in [-0.1, -0.05) is 17.8 Å². The van der Waals surface area contributed by atoms with Crippen molar-refractivity contribution in [2.24, 2.45) is 0 Å². The molecular formula is C4H6N3S. The van der Waals surface area contributed by atoms with E-state index in [2.05, 4.69) is 15.4 Å². The lowest BCUT2D eigenvalue weighted by molar-refractivity contribution is 0.904. The second kappa shape index (κ2) is 2.17. The van der Waals surface area contributed by atoms with Crippen LogP contribution >= 0.6 is 12.6 Å². The van der Waals surface area contributed by atoms with Crippen LogP contribution in [-0.4, -0.2) is 15.4 Å². The Morgan fingerprint density at radius 3 is 2.88 bits per heavy atom. The van der Waals surface area contributed by atoms with Crippen LogP contribution in [0.3, 0.4) is 0 Å². The number of nitrogens with zero attached hydrogens (tertiary/aromatic N) is 2. The lowest BCUT2D eigenvalue weighted by Gasteiger charge is -1.90. The lowest BCUT2D eigenvalue weighted by atomic mass is 10.4. The highest BCUT2D eigenvalue weighted by atomic mass is 32.1. The van der Waals surface area contributed by atoms with Gasteiger partial charge in [0.1, 0.15) is 0 Å². The minimum absolute atomic E-state index is 0.0637. The molecule has 3 nitrogen and oxygen atoms in total. The van der Waals surface area contributed by atoms with Crippen molar-refractivity contribution in [1.82, 2.24) is 15.4 Å². The molecule has 4 heteroatoms. The molecule has 1 rings (SSSR count). The molecule has 0 aliphatic heterocycles. The van der Waals surface area contributed by atoms with Crippen LogP contribution in [0.2, 0.25) is 0 Å². The van der Waals surface area contributed by atoms with Gasteiger partial charge in [0.15, 0.2) is 0 Å². The molecule has 1 radical (unpaired) electrons. The van der Waals surface area contributed by atoms with Crippen molar-refractivity contribution in [3.63, 3.8) is 0 Å². The molecule has 1 aromatic heterocycles. The van der Waals surface area contributed by atoms with Crippen LogP contribution in [0, 0.1) is 0 Å². The molecule has 8 heavy (non-hydrogen) atoms. The molecule has 1 N–H and O–H groups in total. The number of hydrogen-bond donors (Lipinski definition) is 1. The SMILES string of the molecule is CC([S])c1c[nH]nn1. The summed E-state index contributed by atoms with van der Waals surface area (Å²) in [6, 6.07) is 0. The number of rotatable bonds is 1. The summed E-state index contributed by atoms with van der Waals surface area (Å²) in [7, 11) is 0. The molecule has 0 fully saturated rings. The van der Waals surface area contributed by atoms with Crippen LogP contribution in [0.1, 0.15) is 17.9 Å². The van der Waals surface area contributed by atoms with Crippen LogP contribution in [0.4, 0.5) is 0 Å². The Bertz CT molecular complexity index is 146. The average Bonchev–Trinajstić information content (AvgIpc) is 2.12. The first-order chi connectivity index (χ1) is 3.80. The van der Waals surface area contributed by atoms with E-state index in [1.54, 1.807) is 6.20 Å². The van der Waals surface area contributed by atoms with E-state index < -0.39 is 0 Å². The molecule has 1 aromatic rings. The molecule has 0 amide bonds. The van der Waals surface area contributed by atoms with Gasteiger partial charge in [0.25, 0.3) is 0 Å². The van der Waals surface area contributed by atoms with Gasteiger partial charge >= 0.3 is 0 Å².